The maximum atomic E-state index is 5.59. The minimum atomic E-state index is 0.315. The lowest BCUT2D eigenvalue weighted by molar-refractivity contribution is 0.0532. The van der Waals surface area contributed by atoms with E-state index in [-0.39, 0.29) is 0 Å². The number of benzene rings is 1. The Morgan fingerprint density at radius 1 is 1.47 bits per heavy atom. The van der Waals surface area contributed by atoms with E-state index < -0.39 is 0 Å². The second-order valence-electron chi connectivity index (χ2n) is 5.44. The van der Waals surface area contributed by atoms with Crippen LogP contribution in [0.5, 0.6) is 0 Å². The number of anilines is 1. The Balaban J connectivity index is 2.05. The molecule has 0 spiro atoms. The standard InChI is InChI=1S/C15H23BrN2O/c1-11(2)17-9-13-4-5-14(8-15(13)16)18-6-7-19-12(3)10-18/h4-5,8,11-12,17H,6-7,9-10H2,1-3H3. The summed E-state index contributed by atoms with van der Waals surface area (Å²) in [5.74, 6) is 0. The molecule has 0 radical (unpaired) electrons. The first-order valence-electron chi connectivity index (χ1n) is 6.94. The highest BCUT2D eigenvalue weighted by atomic mass is 79.9. The molecule has 1 N–H and O–H groups in total. The van der Waals surface area contributed by atoms with Gasteiger partial charge in [-0.25, -0.2) is 0 Å². The van der Waals surface area contributed by atoms with Gasteiger partial charge < -0.3 is 15.0 Å². The summed E-state index contributed by atoms with van der Waals surface area (Å²) in [4.78, 5) is 2.39. The van der Waals surface area contributed by atoms with E-state index in [0.717, 1.165) is 26.2 Å². The molecule has 1 unspecified atom stereocenters. The van der Waals surface area contributed by atoms with Crippen molar-refractivity contribution in [2.45, 2.75) is 39.5 Å². The van der Waals surface area contributed by atoms with Gasteiger partial charge in [-0.15, -0.1) is 0 Å². The molecule has 1 saturated heterocycles. The van der Waals surface area contributed by atoms with Crippen molar-refractivity contribution in [2.75, 3.05) is 24.6 Å². The van der Waals surface area contributed by atoms with Gasteiger partial charge in [0.2, 0.25) is 0 Å². The zero-order valence-corrected chi connectivity index (χ0v) is 13.5. The van der Waals surface area contributed by atoms with Gasteiger partial charge in [-0.1, -0.05) is 35.8 Å². The maximum absolute atomic E-state index is 5.59. The summed E-state index contributed by atoms with van der Waals surface area (Å²) >= 11 is 3.68. The van der Waals surface area contributed by atoms with Gasteiger partial charge in [0.05, 0.1) is 12.7 Å². The van der Waals surface area contributed by atoms with Crippen molar-refractivity contribution in [3.63, 3.8) is 0 Å². The molecule has 0 amide bonds. The lowest BCUT2D eigenvalue weighted by Gasteiger charge is -2.33. The quantitative estimate of drug-likeness (QED) is 0.919. The van der Waals surface area contributed by atoms with E-state index in [2.05, 4.69) is 65.1 Å². The fraction of sp³-hybridized carbons (Fsp3) is 0.600. The normalized spacial score (nSPS) is 20.1. The summed E-state index contributed by atoms with van der Waals surface area (Å²) in [7, 11) is 0. The third kappa shape index (κ3) is 4.20. The molecule has 0 aliphatic carbocycles. The molecule has 0 aromatic heterocycles. The summed E-state index contributed by atoms with van der Waals surface area (Å²) in [6.45, 7) is 10.1. The van der Waals surface area contributed by atoms with Gasteiger partial charge in [0.25, 0.3) is 0 Å². The fourth-order valence-electron chi connectivity index (χ4n) is 2.24. The average molecular weight is 327 g/mol. The van der Waals surface area contributed by atoms with Crippen molar-refractivity contribution in [2.24, 2.45) is 0 Å². The highest BCUT2D eigenvalue weighted by molar-refractivity contribution is 9.10. The van der Waals surface area contributed by atoms with E-state index in [1.807, 2.05) is 0 Å². The maximum Gasteiger partial charge on any atom is 0.0722 e. The van der Waals surface area contributed by atoms with Crippen molar-refractivity contribution in [3.05, 3.63) is 28.2 Å². The van der Waals surface area contributed by atoms with Gasteiger partial charge in [0, 0.05) is 35.8 Å². The third-order valence-electron chi connectivity index (χ3n) is 3.34. The largest absolute Gasteiger partial charge is 0.375 e. The highest BCUT2D eigenvalue weighted by Crippen LogP contribution is 2.25. The molecule has 1 aromatic carbocycles. The Bertz CT molecular complexity index is 423. The summed E-state index contributed by atoms with van der Waals surface area (Å²) in [5, 5.41) is 3.45. The molecule has 2 rings (SSSR count). The van der Waals surface area contributed by atoms with Crippen LogP contribution in [0.1, 0.15) is 26.3 Å². The van der Waals surface area contributed by atoms with Crippen molar-refractivity contribution < 1.29 is 4.74 Å². The molecule has 0 bridgehead atoms. The van der Waals surface area contributed by atoms with Gasteiger partial charge in [0.1, 0.15) is 0 Å². The molecule has 106 valence electrons. The number of hydrogen-bond acceptors (Lipinski definition) is 3. The van der Waals surface area contributed by atoms with Crippen LogP contribution in [0, 0.1) is 0 Å². The zero-order valence-electron chi connectivity index (χ0n) is 11.9. The number of nitrogens with one attached hydrogen (secondary N) is 1. The molecule has 3 nitrogen and oxygen atoms in total. The first-order valence-corrected chi connectivity index (χ1v) is 7.74. The minimum Gasteiger partial charge on any atom is -0.375 e. The van der Waals surface area contributed by atoms with Gasteiger partial charge >= 0.3 is 0 Å². The Labute approximate surface area is 124 Å². The predicted octanol–water partition coefficient (Wildman–Crippen LogP) is 3.17. The molecule has 1 fully saturated rings. The topological polar surface area (TPSA) is 24.5 Å². The molecular weight excluding hydrogens is 304 g/mol. The Morgan fingerprint density at radius 3 is 2.89 bits per heavy atom. The van der Waals surface area contributed by atoms with Gasteiger partial charge in [-0.3, -0.25) is 0 Å². The number of rotatable bonds is 4. The Hall–Kier alpha value is -0.580. The molecule has 1 atom stereocenters. The van der Waals surface area contributed by atoms with E-state index >= 15 is 0 Å². The van der Waals surface area contributed by atoms with Crippen LogP contribution in [0.4, 0.5) is 5.69 Å². The first-order chi connectivity index (χ1) is 9.06. The molecule has 0 saturated carbocycles. The van der Waals surface area contributed by atoms with Gasteiger partial charge in [-0.2, -0.15) is 0 Å². The monoisotopic (exact) mass is 326 g/mol. The van der Waals surface area contributed by atoms with Crippen LogP contribution in [-0.4, -0.2) is 31.8 Å². The average Bonchev–Trinajstić information content (AvgIpc) is 2.37. The SMILES string of the molecule is CC(C)NCc1ccc(N2CCOC(C)C2)cc1Br. The van der Waals surface area contributed by atoms with Crippen molar-refractivity contribution in [1.29, 1.82) is 0 Å². The van der Waals surface area contributed by atoms with Crippen LogP contribution in [0.25, 0.3) is 0 Å². The van der Waals surface area contributed by atoms with E-state index in [9.17, 15) is 0 Å². The van der Waals surface area contributed by atoms with E-state index in [0.29, 0.717) is 12.1 Å². The molecule has 1 aliphatic heterocycles. The molecule has 1 heterocycles. The molecule has 19 heavy (non-hydrogen) atoms. The zero-order chi connectivity index (χ0) is 13.8. The molecule has 1 aromatic rings. The number of ether oxygens (including phenoxy) is 1. The van der Waals surface area contributed by atoms with E-state index in [1.54, 1.807) is 0 Å². The smallest absolute Gasteiger partial charge is 0.0722 e. The summed E-state index contributed by atoms with van der Waals surface area (Å²) in [5.41, 5.74) is 2.58. The number of nitrogens with zero attached hydrogens (tertiary/aromatic N) is 1. The Kier molecular flexibility index (Phi) is 5.25. The molecular formula is C15H23BrN2O. The second kappa shape index (κ2) is 6.73. The van der Waals surface area contributed by atoms with Crippen LogP contribution in [-0.2, 0) is 11.3 Å². The first kappa shape index (κ1) is 14.8. The van der Waals surface area contributed by atoms with Crippen LogP contribution < -0.4 is 10.2 Å². The molecule has 4 heteroatoms. The van der Waals surface area contributed by atoms with Crippen LogP contribution in [0.2, 0.25) is 0 Å². The molecule has 1 aliphatic rings. The summed E-state index contributed by atoms with van der Waals surface area (Å²) in [6.07, 6.45) is 0.315. The second-order valence-corrected chi connectivity index (χ2v) is 6.29. The number of halogens is 1. The van der Waals surface area contributed by atoms with Crippen LogP contribution in [0.15, 0.2) is 22.7 Å². The Morgan fingerprint density at radius 2 is 2.26 bits per heavy atom. The highest BCUT2D eigenvalue weighted by Gasteiger charge is 2.17. The van der Waals surface area contributed by atoms with Crippen molar-refractivity contribution in [1.82, 2.24) is 5.32 Å². The summed E-state index contributed by atoms with van der Waals surface area (Å²) in [6, 6.07) is 7.14. The number of morpholine rings is 1. The van der Waals surface area contributed by atoms with Gasteiger partial charge in [-0.05, 0) is 24.6 Å². The lowest BCUT2D eigenvalue weighted by atomic mass is 10.1. The van der Waals surface area contributed by atoms with Crippen molar-refractivity contribution >= 4 is 21.6 Å². The summed E-state index contributed by atoms with van der Waals surface area (Å²) < 4.78 is 6.76. The predicted molar refractivity (Wildman–Crippen MR) is 83.7 cm³/mol. The lowest BCUT2D eigenvalue weighted by Crippen LogP contribution is -2.41. The van der Waals surface area contributed by atoms with Gasteiger partial charge in [0.15, 0.2) is 0 Å². The van der Waals surface area contributed by atoms with Crippen molar-refractivity contribution in [3.8, 4) is 0 Å². The van der Waals surface area contributed by atoms with Crippen LogP contribution >= 0.6 is 15.9 Å². The van der Waals surface area contributed by atoms with E-state index in [4.69, 9.17) is 4.74 Å². The minimum absolute atomic E-state index is 0.315. The third-order valence-corrected chi connectivity index (χ3v) is 4.08. The van der Waals surface area contributed by atoms with Crippen LogP contribution in [0.3, 0.4) is 0 Å². The fourth-order valence-corrected chi connectivity index (χ4v) is 2.75. The van der Waals surface area contributed by atoms with E-state index in [1.165, 1.54) is 15.7 Å². The number of hydrogen-bond donors (Lipinski definition) is 1.